The van der Waals surface area contributed by atoms with E-state index in [0.29, 0.717) is 0 Å². The van der Waals surface area contributed by atoms with Gasteiger partial charge in [-0.25, -0.2) is 0 Å². The van der Waals surface area contributed by atoms with Crippen molar-refractivity contribution in [1.29, 1.82) is 0 Å². The number of carbonyl (C=O) groups is 4. The molecule has 0 radical (unpaired) electrons. The van der Waals surface area contributed by atoms with Crippen molar-refractivity contribution in [2.75, 3.05) is 0 Å². The van der Waals surface area contributed by atoms with Gasteiger partial charge in [-0.15, -0.1) is 0 Å². The first-order valence-electron chi connectivity index (χ1n) is 5.29. The van der Waals surface area contributed by atoms with Crippen molar-refractivity contribution < 1.29 is 50.6 Å². The molecule has 23 heavy (non-hydrogen) atoms. The minimum atomic E-state index is -2.43. The molecule has 0 spiro atoms. The van der Waals surface area contributed by atoms with Crippen LogP contribution in [0.1, 0.15) is 25.7 Å². The predicted molar refractivity (Wildman–Crippen MR) is 65.3 cm³/mol. The summed E-state index contributed by atoms with van der Waals surface area (Å²) in [5.41, 5.74) is 6.20. The van der Waals surface area contributed by atoms with Crippen LogP contribution in [0.4, 0.5) is 0 Å². The summed E-state index contributed by atoms with van der Waals surface area (Å²) < 4.78 is 0. The number of aliphatic carboxylic acids is 4. The molecule has 0 aliphatic rings. The van der Waals surface area contributed by atoms with Gasteiger partial charge in [0.1, 0.15) is 0 Å². The second kappa shape index (κ2) is 11.5. The van der Waals surface area contributed by atoms with Gasteiger partial charge in [-0.2, -0.15) is 0 Å². The third-order valence-electron chi connectivity index (χ3n) is 2.83. The fraction of sp³-hybridized carbons (Fsp3) is 0.600. The fourth-order valence-corrected chi connectivity index (χ4v) is 1.86. The molecule has 0 bridgehead atoms. The normalized spacial score (nSPS) is 10.3. The van der Waals surface area contributed by atoms with Gasteiger partial charge in [0.15, 0.2) is 0 Å². The van der Waals surface area contributed by atoms with Gasteiger partial charge in [-0.05, 0) is 0 Å². The van der Waals surface area contributed by atoms with Crippen LogP contribution in [0.2, 0.25) is 0 Å². The van der Waals surface area contributed by atoms with E-state index in [1.165, 1.54) is 0 Å². The fourth-order valence-electron chi connectivity index (χ4n) is 1.86. The molecule has 0 heterocycles. The Balaban J connectivity index is -0.000000602. The van der Waals surface area contributed by atoms with Gasteiger partial charge in [0.25, 0.3) is 0 Å². The molecule has 0 aromatic heterocycles. The Bertz CT molecular complexity index is 369. The molecule has 0 saturated carbocycles. The maximum atomic E-state index is 10.6. The molecule has 0 aromatic carbocycles. The summed E-state index contributed by atoms with van der Waals surface area (Å²) in [6.07, 6.45) is -4.73. The van der Waals surface area contributed by atoms with Gasteiger partial charge in [-0.3, -0.25) is 0 Å². The van der Waals surface area contributed by atoms with Crippen LogP contribution in [-0.2, 0) is 19.2 Å². The van der Waals surface area contributed by atoms with E-state index >= 15 is 0 Å². The zero-order valence-corrected chi connectivity index (χ0v) is 14.2. The molecular formula is C10H16CaN2O10-2. The third kappa shape index (κ3) is 9.65. The smallest absolute Gasteiger partial charge is 0.550 e. The van der Waals surface area contributed by atoms with E-state index in [9.17, 15) is 39.6 Å². The second-order valence-corrected chi connectivity index (χ2v) is 4.51. The van der Waals surface area contributed by atoms with E-state index in [4.69, 9.17) is 11.5 Å². The van der Waals surface area contributed by atoms with Crippen LogP contribution in [0.3, 0.4) is 0 Å². The van der Waals surface area contributed by atoms with E-state index in [2.05, 4.69) is 0 Å². The zero-order valence-electron chi connectivity index (χ0n) is 12.0. The summed E-state index contributed by atoms with van der Waals surface area (Å²) >= 11 is 0. The van der Waals surface area contributed by atoms with Crippen molar-refractivity contribution in [1.82, 2.24) is 0 Å². The van der Waals surface area contributed by atoms with Crippen LogP contribution < -0.4 is 31.9 Å². The molecule has 0 rings (SSSR count). The van der Waals surface area contributed by atoms with Gasteiger partial charge in [-0.1, -0.05) is 0 Å². The SMILES string of the molecule is NC(CC(=O)[O-])(CC(=O)[O-])C(N)(CC(=O)[O-])CC(=O)[O-].O.O.[Ca+2]. The van der Waals surface area contributed by atoms with Gasteiger partial charge < -0.3 is 62.0 Å². The van der Waals surface area contributed by atoms with Crippen LogP contribution in [-0.4, -0.2) is 83.6 Å². The molecule has 0 amide bonds. The maximum absolute atomic E-state index is 10.6. The maximum Gasteiger partial charge on any atom is 2.00 e. The quantitative estimate of drug-likeness (QED) is 0.364. The number of carbonyl (C=O) groups excluding carboxylic acids is 4. The van der Waals surface area contributed by atoms with Crippen LogP contribution in [0, 0.1) is 0 Å². The number of nitrogens with two attached hydrogens (primary N) is 2. The first-order valence-corrected chi connectivity index (χ1v) is 5.29. The number of carboxylic acid groups (broad SMARTS) is 4. The Kier molecular flexibility index (Phi) is 15.0. The minimum absolute atomic E-state index is 0. The van der Waals surface area contributed by atoms with Crippen LogP contribution >= 0.6 is 0 Å². The zero-order chi connectivity index (χ0) is 16.1. The van der Waals surface area contributed by atoms with E-state index in [-0.39, 0.29) is 48.7 Å². The molecule has 0 aliphatic carbocycles. The number of hydrogen-bond donors (Lipinski definition) is 2. The average molecular weight is 364 g/mol. The first-order chi connectivity index (χ1) is 8.92. The number of rotatable bonds is 9. The summed E-state index contributed by atoms with van der Waals surface area (Å²) in [4.78, 5) is 42.5. The molecule has 0 aromatic rings. The monoisotopic (exact) mass is 364 g/mol. The topological polar surface area (TPSA) is 276 Å². The van der Waals surface area contributed by atoms with Crippen molar-refractivity contribution >= 4 is 61.6 Å². The largest absolute Gasteiger partial charge is 2.00 e. The molecule has 0 atom stereocenters. The Morgan fingerprint density at radius 1 is 0.609 bits per heavy atom. The Morgan fingerprint density at radius 2 is 0.739 bits per heavy atom. The van der Waals surface area contributed by atoms with Gasteiger partial charge in [0.05, 0.1) is 0 Å². The molecule has 13 heteroatoms. The second-order valence-electron chi connectivity index (χ2n) is 4.51. The molecular weight excluding hydrogens is 348 g/mol. The van der Waals surface area contributed by atoms with E-state index in [1.807, 2.05) is 0 Å². The standard InChI is InChI=1S/C10H16N2O8.Ca.2H2O/c11-9(1-5(13)14,2-6(15)16)10(12,3-7(17)18)4-8(19)20;;;/h1-4,11-12H2,(H,13,14)(H,15,16)(H,17,18)(H,19,20);;2*1H2/q;+2;;/p-4. The van der Waals surface area contributed by atoms with E-state index in [1.54, 1.807) is 0 Å². The van der Waals surface area contributed by atoms with Gasteiger partial charge in [0, 0.05) is 60.6 Å². The van der Waals surface area contributed by atoms with E-state index < -0.39 is 60.6 Å². The van der Waals surface area contributed by atoms with Crippen LogP contribution in [0.15, 0.2) is 0 Å². The van der Waals surface area contributed by atoms with Gasteiger partial charge in [0.2, 0.25) is 0 Å². The molecule has 0 fully saturated rings. The van der Waals surface area contributed by atoms with Crippen molar-refractivity contribution in [3.05, 3.63) is 0 Å². The summed E-state index contributed by atoms with van der Waals surface area (Å²) in [7, 11) is 0. The molecule has 130 valence electrons. The molecule has 0 saturated heterocycles. The van der Waals surface area contributed by atoms with Gasteiger partial charge >= 0.3 is 37.7 Å². The summed E-state index contributed by atoms with van der Waals surface area (Å²) in [6, 6.07) is 0. The molecule has 0 aliphatic heterocycles. The Hall–Kier alpha value is -1.02. The summed E-state index contributed by atoms with van der Waals surface area (Å²) in [6.45, 7) is 0. The van der Waals surface area contributed by atoms with E-state index in [0.717, 1.165) is 0 Å². The Labute approximate surface area is 160 Å². The van der Waals surface area contributed by atoms with Crippen molar-refractivity contribution in [2.45, 2.75) is 36.8 Å². The summed E-state index contributed by atoms with van der Waals surface area (Å²) in [5.74, 6) is -7.33. The third-order valence-corrected chi connectivity index (χ3v) is 2.83. The minimum Gasteiger partial charge on any atom is -0.550 e. The number of carboxylic acids is 4. The van der Waals surface area contributed by atoms with Crippen LogP contribution in [0.5, 0.6) is 0 Å². The average Bonchev–Trinajstić information content (AvgIpc) is 2.10. The Morgan fingerprint density at radius 3 is 0.826 bits per heavy atom. The van der Waals surface area contributed by atoms with Crippen LogP contribution in [0.25, 0.3) is 0 Å². The summed E-state index contributed by atoms with van der Waals surface area (Å²) in [5, 5.41) is 42.5. The van der Waals surface area contributed by atoms with Crippen molar-refractivity contribution in [3.63, 3.8) is 0 Å². The van der Waals surface area contributed by atoms with Crippen molar-refractivity contribution in [2.24, 2.45) is 11.5 Å². The van der Waals surface area contributed by atoms with Crippen molar-refractivity contribution in [3.8, 4) is 0 Å². The number of hydrogen-bond acceptors (Lipinski definition) is 10. The molecule has 0 unspecified atom stereocenters. The predicted octanol–water partition coefficient (Wildman–Crippen LogP) is -9.09. The molecule has 12 nitrogen and oxygen atoms in total. The molecule has 8 N–H and O–H groups in total. The first kappa shape index (κ1) is 29.9.